The van der Waals surface area contributed by atoms with Gasteiger partial charge in [-0.3, -0.25) is 0 Å². The van der Waals surface area contributed by atoms with Gasteiger partial charge in [-0.25, -0.2) is 0 Å². The summed E-state index contributed by atoms with van der Waals surface area (Å²) in [5.41, 5.74) is 3.48. The topological polar surface area (TPSA) is 30.9 Å². The highest BCUT2D eigenvalue weighted by molar-refractivity contribution is 5.98. The molecule has 0 aromatic heterocycles. The molecule has 0 spiro atoms. The molecule has 190 valence electrons. The molecule has 0 aliphatic carbocycles. The van der Waals surface area contributed by atoms with E-state index in [1.807, 2.05) is 48.5 Å². The number of hydrogen-bond donors (Lipinski definition) is 0. The third-order valence-electron chi connectivity index (χ3n) is 7.01. The zero-order chi connectivity index (χ0) is 25.5. The average Bonchev–Trinajstić information content (AvgIpc) is 2.96. The third-order valence-corrected chi connectivity index (χ3v) is 7.01. The first-order valence-corrected chi connectivity index (χ1v) is 13.2. The highest BCUT2D eigenvalue weighted by atomic mass is 16.5. The van der Waals surface area contributed by atoms with Gasteiger partial charge in [-0.05, 0) is 97.3 Å². The summed E-state index contributed by atoms with van der Waals surface area (Å²) in [6, 6.07) is 26.8. The van der Waals surface area contributed by atoms with Crippen molar-refractivity contribution < 1.29 is 14.2 Å². The molecule has 1 heterocycles. The minimum absolute atomic E-state index is 0.816. The Morgan fingerprint density at radius 3 is 2.22 bits per heavy atom. The first-order chi connectivity index (χ1) is 18.2. The van der Waals surface area contributed by atoms with Crippen LogP contribution in [0.15, 0.2) is 91.1 Å². The number of benzene rings is 4. The van der Waals surface area contributed by atoms with Crippen LogP contribution in [0.5, 0.6) is 23.0 Å². The van der Waals surface area contributed by atoms with Crippen molar-refractivity contribution in [3.05, 3.63) is 96.7 Å². The van der Waals surface area contributed by atoms with Crippen molar-refractivity contribution in [1.29, 1.82) is 0 Å². The third kappa shape index (κ3) is 5.91. The quantitative estimate of drug-likeness (QED) is 0.235. The Morgan fingerprint density at radius 2 is 1.49 bits per heavy atom. The number of likely N-dealkylation sites (tertiary alicyclic amines) is 1. The van der Waals surface area contributed by atoms with Gasteiger partial charge in [0.1, 0.15) is 23.0 Å². The number of rotatable bonds is 9. The fourth-order valence-corrected chi connectivity index (χ4v) is 5.05. The number of nitrogens with zero attached hydrogens (tertiary/aromatic N) is 1. The summed E-state index contributed by atoms with van der Waals surface area (Å²) in [6.07, 6.45) is 10.4. The van der Waals surface area contributed by atoms with E-state index in [1.165, 1.54) is 37.9 Å². The molecule has 0 bridgehead atoms. The Bertz CT molecular complexity index is 1340. The molecule has 0 saturated carbocycles. The van der Waals surface area contributed by atoms with Gasteiger partial charge < -0.3 is 19.1 Å². The normalized spacial score (nSPS) is 13.7. The van der Waals surface area contributed by atoms with Crippen molar-refractivity contribution in [2.45, 2.75) is 32.1 Å². The minimum Gasteiger partial charge on any atom is -0.497 e. The lowest BCUT2D eigenvalue weighted by atomic mass is 9.91. The van der Waals surface area contributed by atoms with Crippen LogP contribution in [0.1, 0.15) is 31.2 Å². The highest BCUT2D eigenvalue weighted by Gasteiger charge is 2.18. The van der Waals surface area contributed by atoms with Gasteiger partial charge in [0.2, 0.25) is 0 Å². The fraction of sp³-hybridized carbons (Fsp3) is 0.273. The van der Waals surface area contributed by atoms with Crippen molar-refractivity contribution in [2.24, 2.45) is 0 Å². The van der Waals surface area contributed by atoms with E-state index in [4.69, 9.17) is 14.2 Å². The van der Waals surface area contributed by atoms with Crippen molar-refractivity contribution in [3.63, 3.8) is 0 Å². The molecule has 0 radical (unpaired) electrons. The van der Waals surface area contributed by atoms with Crippen LogP contribution in [-0.4, -0.2) is 32.2 Å². The van der Waals surface area contributed by atoms with Crippen LogP contribution >= 0.6 is 0 Å². The van der Waals surface area contributed by atoms with E-state index in [1.54, 1.807) is 14.2 Å². The zero-order valence-corrected chi connectivity index (χ0v) is 21.8. The van der Waals surface area contributed by atoms with Crippen molar-refractivity contribution in [3.8, 4) is 34.1 Å². The van der Waals surface area contributed by atoms with Crippen molar-refractivity contribution in [2.75, 3.05) is 27.3 Å². The van der Waals surface area contributed by atoms with Gasteiger partial charge in [0, 0.05) is 24.0 Å². The predicted molar refractivity (Wildman–Crippen MR) is 152 cm³/mol. The summed E-state index contributed by atoms with van der Waals surface area (Å²) in [6.45, 7) is 2.33. The van der Waals surface area contributed by atoms with Gasteiger partial charge in [-0.2, -0.15) is 0 Å². The lowest BCUT2D eigenvalue weighted by Gasteiger charge is -2.24. The van der Waals surface area contributed by atoms with E-state index in [2.05, 4.69) is 47.5 Å². The number of fused-ring (bicyclic) bond motifs is 1. The number of hydrogen-bond acceptors (Lipinski definition) is 4. The monoisotopic (exact) mass is 493 g/mol. The molecule has 0 unspecified atom stereocenters. The smallest absolute Gasteiger partial charge is 0.143 e. The van der Waals surface area contributed by atoms with Crippen LogP contribution in [-0.2, 0) is 6.42 Å². The summed E-state index contributed by atoms with van der Waals surface area (Å²) in [5, 5.41) is 2.17. The number of aryl methyl sites for hydroxylation is 1. The molecule has 0 atom stereocenters. The molecule has 5 rings (SSSR count). The fourth-order valence-electron chi connectivity index (χ4n) is 5.05. The van der Waals surface area contributed by atoms with Gasteiger partial charge in [-0.15, -0.1) is 0 Å². The summed E-state index contributed by atoms with van der Waals surface area (Å²) >= 11 is 0. The van der Waals surface area contributed by atoms with Crippen LogP contribution < -0.4 is 14.2 Å². The maximum Gasteiger partial charge on any atom is 0.143 e. The van der Waals surface area contributed by atoms with E-state index in [9.17, 15) is 0 Å². The Hall–Kier alpha value is -3.92. The van der Waals surface area contributed by atoms with Crippen LogP contribution in [0.25, 0.3) is 21.9 Å². The number of ether oxygens (including phenoxy) is 3. The second kappa shape index (κ2) is 11.9. The summed E-state index contributed by atoms with van der Waals surface area (Å²) < 4.78 is 17.6. The van der Waals surface area contributed by atoms with Gasteiger partial charge >= 0.3 is 0 Å². The van der Waals surface area contributed by atoms with Gasteiger partial charge in [0.15, 0.2) is 0 Å². The molecule has 4 aromatic carbocycles. The molecular weight excluding hydrogens is 458 g/mol. The summed E-state index contributed by atoms with van der Waals surface area (Å²) in [7, 11) is 3.41. The first-order valence-electron chi connectivity index (χ1n) is 13.2. The van der Waals surface area contributed by atoms with Crippen LogP contribution in [0.4, 0.5) is 0 Å². The Balaban J connectivity index is 1.60. The molecule has 4 aromatic rings. The van der Waals surface area contributed by atoms with Crippen LogP contribution in [0.2, 0.25) is 0 Å². The molecule has 0 N–H and O–H groups in total. The van der Waals surface area contributed by atoms with Gasteiger partial charge in [-0.1, -0.05) is 42.5 Å². The second-order valence-corrected chi connectivity index (χ2v) is 9.49. The van der Waals surface area contributed by atoms with E-state index in [-0.39, 0.29) is 0 Å². The van der Waals surface area contributed by atoms with E-state index < -0.39 is 0 Å². The molecule has 1 aliphatic heterocycles. The molecule has 1 aliphatic rings. The first kappa shape index (κ1) is 24.8. The van der Waals surface area contributed by atoms with Gasteiger partial charge in [0.25, 0.3) is 0 Å². The number of methoxy groups -OCH3 is 2. The van der Waals surface area contributed by atoms with Crippen LogP contribution in [0, 0.1) is 0 Å². The molecule has 1 saturated heterocycles. The molecule has 37 heavy (non-hydrogen) atoms. The highest BCUT2D eigenvalue weighted by Crippen LogP contribution is 2.44. The zero-order valence-electron chi connectivity index (χ0n) is 21.8. The molecule has 1 fully saturated rings. The van der Waals surface area contributed by atoms with E-state index in [0.29, 0.717) is 0 Å². The maximum absolute atomic E-state index is 6.65. The number of para-hydroxylation sites is 1. The Labute approximate surface area is 220 Å². The molecule has 4 nitrogen and oxygen atoms in total. The molecule has 0 amide bonds. The predicted octanol–water partition coefficient (Wildman–Crippen LogP) is 8.25. The lowest BCUT2D eigenvalue weighted by molar-refractivity contribution is 0.308. The SMILES string of the molecule is COc1ccc(-c2c(CCC=CN3CCCCC3)cc3cc(OC)ccc3c2Oc2ccccc2)cc1. The van der Waals surface area contributed by atoms with Crippen molar-refractivity contribution >= 4 is 10.8 Å². The Morgan fingerprint density at radius 1 is 0.757 bits per heavy atom. The van der Waals surface area contributed by atoms with Crippen molar-refractivity contribution in [1.82, 2.24) is 4.90 Å². The molecular formula is C33H35NO3. The summed E-state index contributed by atoms with van der Waals surface area (Å²) in [5.74, 6) is 3.36. The van der Waals surface area contributed by atoms with E-state index in [0.717, 1.165) is 57.7 Å². The maximum atomic E-state index is 6.65. The van der Waals surface area contributed by atoms with Gasteiger partial charge in [0.05, 0.1) is 14.2 Å². The van der Waals surface area contributed by atoms with E-state index >= 15 is 0 Å². The number of allylic oxidation sites excluding steroid dienone is 1. The largest absolute Gasteiger partial charge is 0.497 e. The summed E-state index contributed by atoms with van der Waals surface area (Å²) in [4.78, 5) is 2.45. The standard InChI is InChI=1S/C33H35NO3/c1-35-28-16-14-25(15-17-28)32-26(11-7-10-22-34-20-8-4-9-21-34)23-27-24-30(36-2)18-19-31(27)33(32)37-29-12-5-3-6-13-29/h3,5-6,10,12-19,22-24H,4,7-9,11,20-21H2,1-2H3. The second-order valence-electron chi connectivity index (χ2n) is 9.49. The molecule has 4 heteroatoms. The average molecular weight is 494 g/mol. The lowest BCUT2D eigenvalue weighted by Crippen LogP contribution is -2.24. The van der Waals surface area contributed by atoms with Crippen LogP contribution in [0.3, 0.4) is 0 Å². The Kier molecular flexibility index (Phi) is 7.95. The minimum atomic E-state index is 0.816. The number of piperidine rings is 1.